The lowest BCUT2D eigenvalue weighted by Crippen LogP contribution is -2.30. The number of hydrogen-bond donors (Lipinski definition) is 2. The molecule has 0 bridgehead atoms. The van der Waals surface area contributed by atoms with Gasteiger partial charge in [-0.3, -0.25) is 14.4 Å². The molecule has 3 rings (SSSR count). The first-order valence-corrected chi connectivity index (χ1v) is 9.33. The molecule has 29 heavy (non-hydrogen) atoms. The second kappa shape index (κ2) is 9.36. The van der Waals surface area contributed by atoms with Crippen molar-refractivity contribution in [3.05, 3.63) is 92.3 Å². The van der Waals surface area contributed by atoms with Gasteiger partial charge in [0.2, 0.25) is 5.91 Å². The molecule has 148 valence electrons. The summed E-state index contributed by atoms with van der Waals surface area (Å²) in [6.07, 6.45) is 1.18. The van der Waals surface area contributed by atoms with Crippen molar-refractivity contribution in [2.45, 2.75) is 13.1 Å². The molecule has 0 aliphatic heterocycles. The van der Waals surface area contributed by atoms with Crippen LogP contribution in [0.5, 0.6) is 0 Å². The van der Waals surface area contributed by atoms with E-state index in [9.17, 15) is 14.4 Å². The van der Waals surface area contributed by atoms with Gasteiger partial charge in [0.15, 0.2) is 0 Å². The lowest BCUT2D eigenvalue weighted by Gasteiger charge is -2.12. The minimum absolute atomic E-state index is 0.00811. The van der Waals surface area contributed by atoms with E-state index in [1.165, 1.54) is 6.20 Å². The van der Waals surface area contributed by atoms with Crippen LogP contribution in [-0.4, -0.2) is 21.6 Å². The first-order chi connectivity index (χ1) is 14.0. The minimum Gasteiger partial charge on any atom is -0.348 e. The molecule has 0 aliphatic carbocycles. The summed E-state index contributed by atoms with van der Waals surface area (Å²) in [4.78, 5) is 36.9. The van der Waals surface area contributed by atoms with Crippen molar-refractivity contribution >= 4 is 40.7 Å². The normalized spacial score (nSPS) is 10.4. The molecule has 1 heterocycles. The van der Waals surface area contributed by atoms with Gasteiger partial charge in [-0.05, 0) is 17.7 Å². The molecule has 3 aromatic rings. The molecule has 0 spiro atoms. The summed E-state index contributed by atoms with van der Waals surface area (Å²) in [7, 11) is 0. The highest BCUT2D eigenvalue weighted by Crippen LogP contribution is 2.16. The Bertz CT molecular complexity index is 1100. The van der Waals surface area contributed by atoms with Crippen LogP contribution in [0.2, 0.25) is 10.0 Å². The molecule has 0 saturated heterocycles. The predicted octanol–water partition coefficient (Wildman–Crippen LogP) is 3.12. The van der Waals surface area contributed by atoms with E-state index in [-0.39, 0.29) is 22.5 Å². The number of hydrogen-bond acceptors (Lipinski definition) is 4. The number of rotatable bonds is 6. The van der Waals surface area contributed by atoms with Gasteiger partial charge in [0.05, 0.1) is 22.5 Å². The Balaban J connectivity index is 1.70. The standard InChI is InChI=1S/C20H16Cl2N4O3/c21-15-11-24-26(20(29)18(15)22)12-17(27)25-16-9-5-4-8-14(16)19(28)23-10-13-6-2-1-3-7-13/h1-9,11H,10,12H2,(H,23,28)(H,25,27). The van der Waals surface area contributed by atoms with Gasteiger partial charge >= 0.3 is 0 Å². The quantitative estimate of drug-likeness (QED) is 0.627. The van der Waals surface area contributed by atoms with Gasteiger partial charge in [-0.25, -0.2) is 4.68 Å². The van der Waals surface area contributed by atoms with Crippen molar-refractivity contribution in [1.82, 2.24) is 15.1 Å². The van der Waals surface area contributed by atoms with E-state index in [1.807, 2.05) is 30.3 Å². The Hall–Kier alpha value is -3.16. The topological polar surface area (TPSA) is 93.1 Å². The van der Waals surface area contributed by atoms with E-state index in [0.29, 0.717) is 17.8 Å². The van der Waals surface area contributed by atoms with Crippen LogP contribution in [0.4, 0.5) is 5.69 Å². The first kappa shape index (κ1) is 20.6. The number of aromatic nitrogens is 2. The van der Waals surface area contributed by atoms with Crippen LogP contribution in [0, 0.1) is 0 Å². The van der Waals surface area contributed by atoms with E-state index in [1.54, 1.807) is 24.3 Å². The summed E-state index contributed by atoms with van der Waals surface area (Å²) in [6.45, 7) is -0.0275. The molecule has 2 amide bonds. The van der Waals surface area contributed by atoms with Crippen LogP contribution in [0.15, 0.2) is 65.6 Å². The maximum Gasteiger partial charge on any atom is 0.287 e. The third kappa shape index (κ3) is 5.22. The maximum atomic E-state index is 12.6. The maximum absolute atomic E-state index is 12.6. The van der Waals surface area contributed by atoms with Gasteiger partial charge < -0.3 is 10.6 Å². The molecule has 9 heteroatoms. The highest BCUT2D eigenvalue weighted by molar-refractivity contribution is 6.41. The van der Waals surface area contributed by atoms with Crippen LogP contribution in [0.25, 0.3) is 0 Å². The van der Waals surface area contributed by atoms with Crippen molar-refractivity contribution in [2.75, 3.05) is 5.32 Å². The molecule has 1 aromatic heterocycles. The van der Waals surface area contributed by atoms with Gasteiger partial charge in [-0.2, -0.15) is 5.10 Å². The molecule has 0 fully saturated rings. The molecule has 0 aliphatic rings. The third-order valence-electron chi connectivity index (χ3n) is 3.98. The number of nitrogens with one attached hydrogen (secondary N) is 2. The molecule has 2 N–H and O–H groups in total. The Morgan fingerprint density at radius 1 is 1.00 bits per heavy atom. The summed E-state index contributed by atoms with van der Waals surface area (Å²) >= 11 is 11.5. The van der Waals surface area contributed by atoms with Crippen molar-refractivity contribution < 1.29 is 9.59 Å². The number of para-hydroxylation sites is 1. The summed E-state index contributed by atoms with van der Waals surface area (Å²) in [5, 5.41) is 9.02. The summed E-state index contributed by atoms with van der Waals surface area (Å²) in [5.74, 6) is -0.879. The largest absolute Gasteiger partial charge is 0.348 e. The van der Waals surface area contributed by atoms with Crippen LogP contribution in [-0.2, 0) is 17.9 Å². The Morgan fingerprint density at radius 3 is 2.45 bits per heavy atom. The molecular formula is C20H16Cl2N4O3. The Labute approximate surface area is 176 Å². The fourth-order valence-corrected chi connectivity index (χ4v) is 2.82. The highest BCUT2D eigenvalue weighted by Gasteiger charge is 2.15. The Kier molecular flexibility index (Phi) is 6.64. The number of anilines is 1. The molecule has 0 saturated carbocycles. The zero-order valence-electron chi connectivity index (χ0n) is 15.1. The third-order valence-corrected chi connectivity index (χ3v) is 4.73. The lowest BCUT2D eigenvalue weighted by atomic mass is 10.1. The zero-order valence-corrected chi connectivity index (χ0v) is 16.6. The number of halogens is 2. The van der Waals surface area contributed by atoms with Gasteiger partial charge in [-0.1, -0.05) is 65.7 Å². The van der Waals surface area contributed by atoms with E-state index >= 15 is 0 Å². The zero-order chi connectivity index (χ0) is 20.8. The fourth-order valence-electron chi connectivity index (χ4n) is 2.55. The average molecular weight is 431 g/mol. The second-order valence-electron chi connectivity index (χ2n) is 6.03. The average Bonchev–Trinajstić information content (AvgIpc) is 2.73. The molecular weight excluding hydrogens is 415 g/mol. The highest BCUT2D eigenvalue weighted by atomic mass is 35.5. The van der Waals surface area contributed by atoms with Crippen LogP contribution < -0.4 is 16.2 Å². The van der Waals surface area contributed by atoms with E-state index < -0.39 is 11.5 Å². The number of carbonyl (C=O) groups is 2. The second-order valence-corrected chi connectivity index (χ2v) is 6.82. The van der Waals surface area contributed by atoms with E-state index in [2.05, 4.69) is 15.7 Å². The molecule has 0 radical (unpaired) electrons. The number of nitrogens with zero attached hydrogens (tertiary/aromatic N) is 2. The number of carbonyl (C=O) groups excluding carboxylic acids is 2. The van der Waals surface area contributed by atoms with Crippen molar-refractivity contribution in [3.8, 4) is 0 Å². The van der Waals surface area contributed by atoms with Gasteiger partial charge in [0.1, 0.15) is 11.6 Å². The van der Waals surface area contributed by atoms with Crippen molar-refractivity contribution in [3.63, 3.8) is 0 Å². The Morgan fingerprint density at radius 2 is 1.69 bits per heavy atom. The first-order valence-electron chi connectivity index (χ1n) is 8.58. The van der Waals surface area contributed by atoms with E-state index in [4.69, 9.17) is 23.2 Å². The molecule has 0 unspecified atom stereocenters. The minimum atomic E-state index is -0.678. The molecule has 0 atom stereocenters. The van der Waals surface area contributed by atoms with Gasteiger partial charge in [0.25, 0.3) is 11.5 Å². The van der Waals surface area contributed by atoms with Gasteiger partial charge in [0, 0.05) is 6.54 Å². The van der Waals surface area contributed by atoms with Crippen LogP contribution in [0.1, 0.15) is 15.9 Å². The van der Waals surface area contributed by atoms with Crippen LogP contribution in [0.3, 0.4) is 0 Å². The van der Waals surface area contributed by atoms with Crippen LogP contribution >= 0.6 is 23.2 Å². The fraction of sp³-hybridized carbons (Fsp3) is 0.100. The monoisotopic (exact) mass is 430 g/mol. The van der Waals surface area contributed by atoms with Crippen molar-refractivity contribution in [2.24, 2.45) is 0 Å². The predicted molar refractivity (Wildman–Crippen MR) is 111 cm³/mol. The molecule has 2 aromatic carbocycles. The smallest absolute Gasteiger partial charge is 0.287 e. The molecule has 7 nitrogen and oxygen atoms in total. The van der Waals surface area contributed by atoms with Gasteiger partial charge in [-0.15, -0.1) is 0 Å². The lowest BCUT2D eigenvalue weighted by molar-refractivity contribution is -0.117. The number of benzene rings is 2. The summed E-state index contributed by atoms with van der Waals surface area (Å²) in [6, 6.07) is 16.0. The summed E-state index contributed by atoms with van der Waals surface area (Å²) < 4.78 is 0.891. The van der Waals surface area contributed by atoms with Crippen molar-refractivity contribution in [1.29, 1.82) is 0 Å². The van der Waals surface area contributed by atoms with E-state index in [0.717, 1.165) is 10.2 Å². The number of amides is 2. The summed E-state index contributed by atoms with van der Waals surface area (Å²) in [5.41, 5.74) is 0.887. The SMILES string of the molecule is O=C(Cn1ncc(Cl)c(Cl)c1=O)Nc1ccccc1C(=O)NCc1ccccc1.